The molecule has 1 heterocycles. The van der Waals surface area contributed by atoms with E-state index in [0.717, 1.165) is 32.4 Å². The molecule has 1 saturated carbocycles. The molecule has 3 nitrogen and oxygen atoms in total. The molecule has 3 heteroatoms. The Bertz CT molecular complexity index is 229. The van der Waals surface area contributed by atoms with E-state index in [9.17, 15) is 4.79 Å². The van der Waals surface area contributed by atoms with Crippen molar-refractivity contribution in [3.63, 3.8) is 0 Å². The average Bonchev–Trinajstić information content (AvgIpc) is 2.71. The van der Waals surface area contributed by atoms with Crippen molar-refractivity contribution >= 4 is 5.91 Å². The van der Waals surface area contributed by atoms with Gasteiger partial charge in [0.25, 0.3) is 0 Å². The smallest absolute Gasteiger partial charge is 0.225 e. The molecule has 3 atom stereocenters. The average molecular weight is 197 g/mol. The number of hydrogen-bond acceptors (Lipinski definition) is 2. The lowest BCUT2D eigenvalue weighted by Gasteiger charge is -2.16. The maximum atomic E-state index is 11.8. The van der Waals surface area contributed by atoms with Crippen molar-refractivity contribution in [2.24, 2.45) is 17.8 Å². The lowest BCUT2D eigenvalue weighted by molar-refractivity contribution is -0.131. The molecule has 2 fully saturated rings. The molecular formula is C11H19NO2. The predicted octanol–water partition coefficient (Wildman–Crippen LogP) is 0.873. The van der Waals surface area contributed by atoms with Crippen LogP contribution in [0.15, 0.2) is 0 Å². The number of amides is 1. The minimum absolute atomic E-state index is 0.256. The first-order valence-electron chi connectivity index (χ1n) is 5.62. The summed E-state index contributed by atoms with van der Waals surface area (Å²) in [6.07, 6.45) is 3.01. The molecule has 0 bridgehead atoms. The summed E-state index contributed by atoms with van der Waals surface area (Å²) in [7, 11) is 0. The summed E-state index contributed by atoms with van der Waals surface area (Å²) in [5.74, 6) is 1.83. The number of rotatable bonds is 3. The van der Waals surface area contributed by atoms with Gasteiger partial charge in [0.1, 0.15) is 0 Å². The Morgan fingerprint density at radius 3 is 2.86 bits per heavy atom. The molecule has 1 aliphatic carbocycles. The Kier molecular flexibility index (Phi) is 2.77. The van der Waals surface area contributed by atoms with Gasteiger partial charge in [0.2, 0.25) is 5.91 Å². The van der Waals surface area contributed by atoms with E-state index >= 15 is 0 Å². The molecule has 0 aromatic heterocycles. The molecule has 2 aliphatic rings. The fourth-order valence-electron chi connectivity index (χ4n) is 2.35. The Morgan fingerprint density at radius 2 is 2.29 bits per heavy atom. The van der Waals surface area contributed by atoms with Crippen molar-refractivity contribution in [3.05, 3.63) is 0 Å². The minimum Gasteiger partial charge on any atom is -0.396 e. The van der Waals surface area contributed by atoms with Crippen LogP contribution in [0, 0.1) is 17.8 Å². The third-order valence-corrected chi connectivity index (χ3v) is 3.56. The Hall–Kier alpha value is -0.570. The van der Waals surface area contributed by atoms with E-state index in [1.54, 1.807) is 0 Å². The number of likely N-dealkylation sites (tertiary alicyclic amines) is 1. The molecule has 2 rings (SSSR count). The highest BCUT2D eigenvalue weighted by molar-refractivity contribution is 5.81. The van der Waals surface area contributed by atoms with Gasteiger partial charge in [-0.25, -0.2) is 0 Å². The topological polar surface area (TPSA) is 40.5 Å². The molecular weight excluding hydrogens is 178 g/mol. The molecule has 1 amide bonds. The van der Waals surface area contributed by atoms with E-state index in [1.807, 2.05) is 4.90 Å². The Morgan fingerprint density at radius 1 is 1.57 bits per heavy atom. The summed E-state index contributed by atoms with van der Waals surface area (Å²) in [5, 5.41) is 8.81. The van der Waals surface area contributed by atoms with Crippen molar-refractivity contribution in [1.29, 1.82) is 0 Å². The summed E-state index contributed by atoms with van der Waals surface area (Å²) in [4.78, 5) is 13.8. The van der Waals surface area contributed by atoms with Crippen molar-refractivity contribution in [2.75, 3.05) is 19.7 Å². The minimum atomic E-state index is 0.256. The second-order valence-corrected chi connectivity index (χ2v) is 4.77. The summed E-state index contributed by atoms with van der Waals surface area (Å²) in [6.45, 7) is 4.19. The van der Waals surface area contributed by atoms with Crippen molar-refractivity contribution in [2.45, 2.75) is 26.2 Å². The number of hydrogen-bond donors (Lipinski definition) is 1. The number of aliphatic hydroxyl groups excluding tert-OH is 1. The lowest BCUT2D eigenvalue weighted by atomic mass is 10.1. The molecule has 14 heavy (non-hydrogen) atoms. The second kappa shape index (κ2) is 3.89. The first kappa shape index (κ1) is 9.97. The van der Waals surface area contributed by atoms with Gasteiger partial charge in [-0.3, -0.25) is 4.79 Å². The van der Waals surface area contributed by atoms with Crippen LogP contribution >= 0.6 is 0 Å². The highest BCUT2D eigenvalue weighted by Gasteiger charge is 2.42. The molecule has 1 N–H and O–H groups in total. The van der Waals surface area contributed by atoms with Gasteiger partial charge in [-0.15, -0.1) is 0 Å². The Balaban J connectivity index is 1.80. The fraction of sp³-hybridized carbons (Fsp3) is 0.909. The second-order valence-electron chi connectivity index (χ2n) is 4.77. The first-order valence-corrected chi connectivity index (χ1v) is 5.62. The summed E-state index contributed by atoms with van der Waals surface area (Å²) >= 11 is 0. The summed E-state index contributed by atoms with van der Waals surface area (Å²) in [6, 6.07) is 0. The van der Waals surface area contributed by atoms with Gasteiger partial charge < -0.3 is 10.0 Å². The normalized spacial score (nSPS) is 36.1. The molecule has 1 saturated heterocycles. The molecule has 0 radical (unpaired) electrons. The van der Waals surface area contributed by atoms with E-state index in [0.29, 0.717) is 23.7 Å². The summed E-state index contributed by atoms with van der Waals surface area (Å²) in [5.41, 5.74) is 0. The zero-order chi connectivity index (χ0) is 10.1. The molecule has 80 valence electrons. The van der Waals surface area contributed by atoms with E-state index in [2.05, 4.69) is 6.92 Å². The standard InChI is InChI=1S/C11H19NO2/c1-8-6-10(8)11(14)12-4-2-9(7-12)3-5-13/h8-10,13H,2-7H2,1H3. The lowest BCUT2D eigenvalue weighted by Crippen LogP contribution is -2.30. The molecule has 1 aliphatic heterocycles. The number of nitrogens with zero attached hydrogens (tertiary/aromatic N) is 1. The van der Waals surface area contributed by atoms with E-state index in [1.165, 1.54) is 0 Å². The SMILES string of the molecule is CC1CC1C(=O)N1CCC(CCO)C1. The van der Waals surface area contributed by atoms with Crippen LogP contribution in [0.4, 0.5) is 0 Å². The van der Waals surface area contributed by atoms with Gasteiger partial charge in [0.05, 0.1) is 0 Å². The van der Waals surface area contributed by atoms with E-state index in [-0.39, 0.29) is 6.61 Å². The van der Waals surface area contributed by atoms with E-state index in [4.69, 9.17) is 5.11 Å². The third kappa shape index (κ3) is 1.92. The zero-order valence-corrected chi connectivity index (χ0v) is 8.78. The van der Waals surface area contributed by atoms with Crippen molar-refractivity contribution < 1.29 is 9.90 Å². The molecule has 3 unspecified atom stereocenters. The van der Waals surface area contributed by atoms with Crippen LogP contribution in [0.5, 0.6) is 0 Å². The zero-order valence-electron chi connectivity index (χ0n) is 8.78. The van der Waals surface area contributed by atoms with Crippen molar-refractivity contribution in [3.8, 4) is 0 Å². The van der Waals surface area contributed by atoms with Crippen LogP contribution in [0.25, 0.3) is 0 Å². The molecule has 0 aromatic carbocycles. The van der Waals surface area contributed by atoms with Gasteiger partial charge in [0.15, 0.2) is 0 Å². The van der Waals surface area contributed by atoms with Crippen molar-refractivity contribution in [1.82, 2.24) is 4.90 Å². The van der Waals surface area contributed by atoms with Gasteiger partial charge in [-0.2, -0.15) is 0 Å². The first-order chi connectivity index (χ1) is 6.72. The van der Waals surface area contributed by atoms with Crippen LogP contribution < -0.4 is 0 Å². The molecule has 0 aromatic rings. The maximum Gasteiger partial charge on any atom is 0.225 e. The van der Waals surface area contributed by atoms with Crippen LogP contribution in [-0.2, 0) is 4.79 Å². The predicted molar refractivity (Wildman–Crippen MR) is 53.7 cm³/mol. The maximum absolute atomic E-state index is 11.8. The monoisotopic (exact) mass is 197 g/mol. The van der Waals surface area contributed by atoms with Crippen LogP contribution in [0.2, 0.25) is 0 Å². The highest BCUT2D eigenvalue weighted by Crippen LogP contribution is 2.40. The highest BCUT2D eigenvalue weighted by atomic mass is 16.3. The van der Waals surface area contributed by atoms with Crippen LogP contribution in [0.3, 0.4) is 0 Å². The van der Waals surface area contributed by atoms with Gasteiger partial charge in [-0.1, -0.05) is 6.92 Å². The summed E-state index contributed by atoms with van der Waals surface area (Å²) < 4.78 is 0. The van der Waals surface area contributed by atoms with Gasteiger partial charge in [-0.05, 0) is 31.1 Å². The number of carbonyl (C=O) groups excluding carboxylic acids is 1. The van der Waals surface area contributed by atoms with Crippen LogP contribution in [-0.4, -0.2) is 35.6 Å². The van der Waals surface area contributed by atoms with E-state index < -0.39 is 0 Å². The van der Waals surface area contributed by atoms with Gasteiger partial charge >= 0.3 is 0 Å². The fourth-order valence-corrected chi connectivity index (χ4v) is 2.35. The molecule has 0 spiro atoms. The largest absolute Gasteiger partial charge is 0.396 e. The number of carbonyl (C=O) groups is 1. The van der Waals surface area contributed by atoms with Gasteiger partial charge in [0, 0.05) is 25.6 Å². The van der Waals surface area contributed by atoms with Crippen LogP contribution in [0.1, 0.15) is 26.2 Å². The Labute approximate surface area is 85.1 Å². The number of aliphatic hydroxyl groups is 1. The quantitative estimate of drug-likeness (QED) is 0.729. The third-order valence-electron chi connectivity index (χ3n) is 3.56.